The number of ether oxygens (including phenoxy) is 2. The molecule has 1 heterocycles. The molecule has 2 atom stereocenters. The Labute approximate surface area is 101 Å². The lowest BCUT2D eigenvalue weighted by atomic mass is 10.6. The topological polar surface area (TPSA) is 130 Å². The van der Waals surface area contributed by atoms with Gasteiger partial charge in [-0.25, -0.2) is 9.48 Å². The van der Waals surface area contributed by atoms with E-state index >= 15 is 0 Å². The van der Waals surface area contributed by atoms with Crippen LogP contribution >= 0.6 is 0 Å². The molecule has 0 bridgehead atoms. The first-order chi connectivity index (χ1) is 8.38. The van der Waals surface area contributed by atoms with Crippen LogP contribution in [0.3, 0.4) is 0 Å². The summed E-state index contributed by atoms with van der Waals surface area (Å²) in [5, 5.41) is 25.8. The maximum absolute atomic E-state index is 11.3. The first-order valence-electron chi connectivity index (χ1n) is 4.96. The van der Waals surface area contributed by atoms with Crippen molar-refractivity contribution < 1.29 is 24.3 Å². The maximum Gasteiger partial charge on any atom is 0.410 e. The summed E-state index contributed by atoms with van der Waals surface area (Å²) >= 11 is 0. The number of rotatable bonds is 6. The molecule has 1 N–H and O–H groups in total. The van der Waals surface area contributed by atoms with Crippen LogP contribution in [0.1, 0.15) is 13.8 Å². The van der Waals surface area contributed by atoms with Crippen LogP contribution in [-0.2, 0) is 20.8 Å². The lowest BCUT2D eigenvalue weighted by molar-refractivity contribution is -0.389. The van der Waals surface area contributed by atoms with Crippen molar-refractivity contribution in [2.75, 3.05) is 0 Å². The van der Waals surface area contributed by atoms with Crippen molar-refractivity contribution in [3.63, 3.8) is 0 Å². The third-order valence-corrected chi connectivity index (χ3v) is 1.69. The molecule has 1 aromatic rings. The highest BCUT2D eigenvalue weighted by Gasteiger charge is 2.17. The monoisotopic (exact) mass is 260 g/mol. The van der Waals surface area contributed by atoms with E-state index in [4.69, 9.17) is 14.6 Å². The Morgan fingerprint density at radius 1 is 1.67 bits per heavy atom. The summed E-state index contributed by atoms with van der Waals surface area (Å²) < 4.78 is 10.5. The van der Waals surface area contributed by atoms with Crippen molar-refractivity contribution in [3.8, 4) is 0 Å². The Balaban J connectivity index is 2.46. The van der Waals surface area contributed by atoms with Crippen molar-refractivity contribution >= 4 is 11.8 Å². The van der Waals surface area contributed by atoms with E-state index in [0.29, 0.717) is 0 Å². The Hall–Kier alpha value is -2.07. The minimum atomic E-state index is -1.07. The lowest BCUT2D eigenvalue weighted by Crippen LogP contribution is -2.25. The van der Waals surface area contributed by atoms with Crippen LogP contribution in [0.4, 0.5) is 5.82 Å². The zero-order chi connectivity index (χ0) is 13.7. The fourth-order valence-corrected chi connectivity index (χ4v) is 1.11. The molecule has 0 aliphatic heterocycles. The average Bonchev–Trinajstić information content (AvgIpc) is 2.63. The molecule has 18 heavy (non-hydrogen) atoms. The van der Waals surface area contributed by atoms with Gasteiger partial charge in [0.25, 0.3) is 0 Å². The molecule has 0 saturated carbocycles. The number of hydrogen-bond acceptors (Lipinski definition) is 8. The fraction of sp³-hybridized carbons (Fsp3) is 0.625. The first kappa shape index (κ1) is 14.0. The van der Waals surface area contributed by atoms with Crippen LogP contribution in [-0.4, -0.2) is 43.6 Å². The van der Waals surface area contributed by atoms with Crippen molar-refractivity contribution in [1.29, 1.82) is 0 Å². The summed E-state index contributed by atoms with van der Waals surface area (Å²) in [7, 11) is 0. The molecule has 10 nitrogen and oxygen atoms in total. The van der Waals surface area contributed by atoms with Crippen LogP contribution in [0.25, 0.3) is 0 Å². The normalized spacial score (nSPS) is 13.9. The number of aliphatic hydroxyl groups is 1. The van der Waals surface area contributed by atoms with Crippen LogP contribution in [0.5, 0.6) is 0 Å². The van der Waals surface area contributed by atoms with Gasteiger partial charge in [0.1, 0.15) is 17.8 Å². The molecule has 0 radical (unpaired) electrons. The Bertz CT molecular complexity index is 431. The van der Waals surface area contributed by atoms with Crippen molar-refractivity contribution in [2.45, 2.75) is 33.0 Å². The summed E-state index contributed by atoms with van der Waals surface area (Å²) in [6.07, 6.45) is -1.00. The van der Waals surface area contributed by atoms with Gasteiger partial charge >= 0.3 is 11.8 Å². The minimum absolute atomic E-state index is 0.339. The molecule has 0 aliphatic rings. The third-order valence-electron chi connectivity index (χ3n) is 1.69. The molecular formula is C8H12N4O6. The Morgan fingerprint density at radius 3 is 2.83 bits per heavy atom. The number of carbonyl (C=O) groups is 1. The predicted octanol–water partition coefficient (Wildman–Crippen LogP) is -0.570. The predicted molar refractivity (Wildman–Crippen MR) is 55.0 cm³/mol. The van der Waals surface area contributed by atoms with E-state index in [1.54, 1.807) is 0 Å². The van der Waals surface area contributed by atoms with E-state index in [1.807, 2.05) is 0 Å². The van der Waals surface area contributed by atoms with E-state index < -0.39 is 29.3 Å². The van der Waals surface area contributed by atoms with Crippen molar-refractivity contribution in [1.82, 2.24) is 15.0 Å². The lowest BCUT2D eigenvalue weighted by Gasteiger charge is -2.15. The zero-order valence-electron chi connectivity index (χ0n) is 9.72. The van der Waals surface area contributed by atoms with E-state index in [9.17, 15) is 14.9 Å². The van der Waals surface area contributed by atoms with Gasteiger partial charge in [0.05, 0.1) is 5.21 Å². The summed E-state index contributed by atoms with van der Waals surface area (Å²) in [6.45, 7) is 2.45. The van der Waals surface area contributed by atoms with Gasteiger partial charge in [-0.2, -0.15) is 0 Å². The Kier molecular flexibility index (Phi) is 4.68. The van der Waals surface area contributed by atoms with Gasteiger partial charge in [-0.05, 0) is 18.8 Å². The van der Waals surface area contributed by atoms with E-state index in [-0.39, 0.29) is 6.54 Å². The SMILES string of the molecule is CC(O)OC(C)OC(=O)Cn1cc([N+](=O)[O-])nn1. The number of carbonyl (C=O) groups excluding carboxylic acids is 1. The standard InChI is InChI=1S/C8H12N4O6/c1-5(13)17-6(2)18-8(14)4-11-3-7(9-10-11)12(15)16/h3,5-6,13H,4H2,1-2H3. The second kappa shape index (κ2) is 6.02. The summed E-state index contributed by atoms with van der Waals surface area (Å²) in [6, 6.07) is 0. The number of aromatic nitrogens is 3. The molecule has 0 fully saturated rings. The molecule has 2 unspecified atom stereocenters. The molecule has 1 rings (SSSR count). The van der Waals surface area contributed by atoms with E-state index in [2.05, 4.69) is 10.3 Å². The minimum Gasteiger partial charge on any atom is -0.435 e. The number of nitrogens with zero attached hydrogens (tertiary/aromatic N) is 4. The Morgan fingerprint density at radius 2 is 2.33 bits per heavy atom. The first-order valence-corrected chi connectivity index (χ1v) is 4.96. The molecule has 1 aromatic heterocycles. The largest absolute Gasteiger partial charge is 0.435 e. The van der Waals surface area contributed by atoms with Crippen molar-refractivity contribution in [2.24, 2.45) is 0 Å². The van der Waals surface area contributed by atoms with E-state index in [1.165, 1.54) is 13.8 Å². The molecule has 0 spiro atoms. The number of aliphatic hydroxyl groups excluding tert-OH is 1. The van der Waals surface area contributed by atoms with Gasteiger partial charge in [0.15, 0.2) is 6.29 Å². The molecular weight excluding hydrogens is 248 g/mol. The second-order valence-corrected chi connectivity index (χ2v) is 3.32. The molecule has 0 amide bonds. The summed E-state index contributed by atoms with van der Waals surface area (Å²) in [5.41, 5.74) is 0. The number of hydrogen-bond donors (Lipinski definition) is 1. The highest BCUT2D eigenvalue weighted by Crippen LogP contribution is 2.04. The molecule has 0 aliphatic carbocycles. The zero-order valence-corrected chi connectivity index (χ0v) is 9.72. The van der Waals surface area contributed by atoms with E-state index in [0.717, 1.165) is 10.9 Å². The van der Waals surface area contributed by atoms with Crippen molar-refractivity contribution in [3.05, 3.63) is 16.3 Å². The number of nitro groups is 1. The van der Waals surface area contributed by atoms with Gasteiger partial charge in [0, 0.05) is 0 Å². The quantitative estimate of drug-likeness (QED) is 0.311. The van der Waals surface area contributed by atoms with Gasteiger partial charge in [-0.15, -0.1) is 0 Å². The third kappa shape index (κ3) is 4.43. The van der Waals surface area contributed by atoms with Crippen LogP contribution in [0.2, 0.25) is 0 Å². The highest BCUT2D eigenvalue weighted by atomic mass is 16.7. The van der Waals surface area contributed by atoms with Crippen LogP contribution in [0.15, 0.2) is 6.20 Å². The van der Waals surface area contributed by atoms with Crippen LogP contribution < -0.4 is 0 Å². The van der Waals surface area contributed by atoms with Crippen LogP contribution in [0, 0.1) is 10.1 Å². The van der Waals surface area contributed by atoms with Gasteiger partial charge in [-0.1, -0.05) is 0 Å². The highest BCUT2D eigenvalue weighted by molar-refractivity contribution is 5.69. The van der Waals surface area contributed by atoms with Gasteiger partial charge in [-0.3, -0.25) is 0 Å². The van der Waals surface area contributed by atoms with Gasteiger partial charge < -0.3 is 24.7 Å². The molecule has 0 saturated heterocycles. The number of esters is 1. The molecule has 0 aromatic carbocycles. The molecule has 100 valence electrons. The smallest absolute Gasteiger partial charge is 0.410 e. The fourth-order valence-electron chi connectivity index (χ4n) is 1.11. The van der Waals surface area contributed by atoms with Gasteiger partial charge in [0.2, 0.25) is 6.29 Å². The second-order valence-electron chi connectivity index (χ2n) is 3.32. The molecule has 10 heteroatoms. The summed E-state index contributed by atoms with van der Waals surface area (Å²) in [5.74, 6) is -1.18. The average molecular weight is 260 g/mol. The summed E-state index contributed by atoms with van der Waals surface area (Å²) in [4.78, 5) is 20.9. The maximum atomic E-state index is 11.3.